The molecular weight excluding hydrogens is 199 g/mol. The van der Waals surface area contributed by atoms with Crippen LogP contribution in [-0.4, -0.2) is 31.5 Å². The third kappa shape index (κ3) is 1.78. The predicted octanol–water partition coefficient (Wildman–Crippen LogP) is 1.49. The maximum atomic E-state index is 12.2. The first-order valence-corrected chi connectivity index (χ1v) is 3.78. The quantitative estimate of drug-likeness (QED) is 0.611. The number of aliphatic imine (C=N–C) groups is 1. The zero-order chi connectivity index (χ0) is 10.9. The lowest BCUT2D eigenvalue weighted by atomic mass is 10.1. The van der Waals surface area contributed by atoms with Gasteiger partial charge < -0.3 is 4.74 Å². The summed E-state index contributed by atoms with van der Waals surface area (Å²) in [5.41, 5.74) is -1.16. The summed E-state index contributed by atoms with van der Waals surface area (Å²) < 4.78 is 41.0. The van der Waals surface area contributed by atoms with Gasteiger partial charge in [-0.15, -0.1) is 0 Å². The van der Waals surface area contributed by atoms with E-state index < -0.39 is 17.9 Å². The van der Waals surface area contributed by atoms with Crippen LogP contribution in [0.5, 0.6) is 0 Å². The number of halogens is 3. The molecule has 0 unspecified atom stereocenters. The maximum absolute atomic E-state index is 12.2. The van der Waals surface area contributed by atoms with Crippen molar-refractivity contribution in [3.8, 4) is 0 Å². The van der Waals surface area contributed by atoms with Crippen molar-refractivity contribution in [3.63, 3.8) is 0 Å². The first-order valence-electron chi connectivity index (χ1n) is 3.78. The van der Waals surface area contributed by atoms with Crippen molar-refractivity contribution < 1.29 is 22.7 Å². The van der Waals surface area contributed by atoms with Crippen molar-refractivity contribution in [1.82, 2.24) is 0 Å². The average Bonchev–Trinajstić information content (AvgIpc) is 2.45. The normalized spacial score (nSPS) is 17.1. The summed E-state index contributed by atoms with van der Waals surface area (Å²) in [6, 6.07) is 0. The Balaban J connectivity index is 2.98. The Kier molecular flexibility index (Phi) is 2.64. The highest BCUT2D eigenvalue weighted by Crippen LogP contribution is 2.28. The molecule has 14 heavy (non-hydrogen) atoms. The first-order chi connectivity index (χ1) is 6.38. The molecule has 1 heterocycles. The van der Waals surface area contributed by atoms with Gasteiger partial charge in [-0.25, -0.2) is 4.79 Å². The second-order valence-electron chi connectivity index (χ2n) is 2.76. The minimum atomic E-state index is -4.50. The van der Waals surface area contributed by atoms with E-state index in [9.17, 15) is 18.0 Å². The van der Waals surface area contributed by atoms with Crippen LogP contribution < -0.4 is 0 Å². The SMILES string of the molecule is COC(=O)C1=C(C)C(C(F)(F)F)=NC1. The molecule has 0 spiro atoms. The zero-order valence-corrected chi connectivity index (χ0v) is 7.60. The van der Waals surface area contributed by atoms with Crippen LogP contribution in [0.4, 0.5) is 13.2 Å². The topological polar surface area (TPSA) is 38.7 Å². The number of methoxy groups -OCH3 is 1. The summed E-state index contributed by atoms with van der Waals surface area (Å²) in [7, 11) is 1.12. The Morgan fingerprint density at radius 3 is 2.43 bits per heavy atom. The Bertz CT molecular complexity index is 328. The summed E-state index contributed by atoms with van der Waals surface area (Å²) >= 11 is 0. The smallest absolute Gasteiger partial charge is 0.433 e. The number of alkyl halides is 3. The number of carbonyl (C=O) groups excluding carboxylic acids is 1. The third-order valence-corrected chi connectivity index (χ3v) is 1.90. The minimum Gasteiger partial charge on any atom is -0.466 e. The fourth-order valence-corrected chi connectivity index (χ4v) is 1.18. The molecular formula is C8H8F3NO2. The Morgan fingerprint density at radius 2 is 2.07 bits per heavy atom. The van der Waals surface area contributed by atoms with Crippen molar-refractivity contribution in [3.05, 3.63) is 11.1 Å². The van der Waals surface area contributed by atoms with Gasteiger partial charge in [0.1, 0.15) is 5.71 Å². The van der Waals surface area contributed by atoms with Crippen LogP contribution in [0.3, 0.4) is 0 Å². The van der Waals surface area contributed by atoms with Gasteiger partial charge in [0.15, 0.2) is 0 Å². The van der Waals surface area contributed by atoms with Crippen LogP contribution in [0.25, 0.3) is 0 Å². The van der Waals surface area contributed by atoms with E-state index in [2.05, 4.69) is 9.73 Å². The van der Waals surface area contributed by atoms with Gasteiger partial charge in [0.2, 0.25) is 0 Å². The molecule has 0 aromatic rings. The van der Waals surface area contributed by atoms with Crippen molar-refractivity contribution in [2.45, 2.75) is 13.1 Å². The van der Waals surface area contributed by atoms with E-state index in [1.54, 1.807) is 0 Å². The van der Waals surface area contributed by atoms with E-state index in [1.807, 2.05) is 0 Å². The lowest BCUT2D eigenvalue weighted by Crippen LogP contribution is -2.23. The highest BCUT2D eigenvalue weighted by atomic mass is 19.4. The number of hydrogen-bond acceptors (Lipinski definition) is 3. The van der Waals surface area contributed by atoms with Crippen molar-refractivity contribution in [1.29, 1.82) is 0 Å². The van der Waals surface area contributed by atoms with Crippen LogP contribution in [0.1, 0.15) is 6.92 Å². The molecule has 78 valence electrons. The highest BCUT2D eigenvalue weighted by Gasteiger charge is 2.40. The zero-order valence-electron chi connectivity index (χ0n) is 7.60. The van der Waals surface area contributed by atoms with Gasteiger partial charge in [0, 0.05) is 0 Å². The Morgan fingerprint density at radius 1 is 1.50 bits per heavy atom. The van der Waals surface area contributed by atoms with Gasteiger partial charge in [-0.2, -0.15) is 13.2 Å². The number of esters is 1. The van der Waals surface area contributed by atoms with E-state index in [0.29, 0.717) is 0 Å². The summed E-state index contributed by atoms with van der Waals surface area (Å²) in [6.07, 6.45) is -4.50. The fourth-order valence-electron chi connectivity index (χ4n) is 1.18. The summed E-state index contributed by atoms with van der Waals surface area (Å²) in [5.74, 6) is -0.759. The van der Waals surface area contributed by atoms with Gasteiger partial charge in [-0.05, 0) is 12.5 Å². The summed E-state index contributed by atoms with van der Waals surface area (Å²) in [5, 5.41) is 0. The summed E-state index contributed by atoms with van der Waals surface area (Å²) in [4.78, 5) is 14.2. The van der Waals surface area contributed by atoms with Gasteiger partial charge >= 0.3 is 12.1 Å². The van der Waals surface area contributed by atoms with E-state index in [4.69, 9.17) is 0 Å². The monoisotopic (exact) mass is 207 g/mol. The van der Waals surface area contributed by atoms with Crippen LogP contribution in [-0.2, 0) is 9.53 Å². The molecule has 0 aromatic heterocycles. The molecule has 0 aliphatic carbocycles. The van der Waals surface area contributed by atoms with Gasteiger partial charge in [0.05, 0.1) is 19.2 Å². The molecule has 0 aromatic carbocycles. The molecule has 0 bridgehead atoms. The van der Waals surface area contributed by atoms with E-state index in [1.165, 1.54) is 6.92 Å². The van der Waals surface area contributed by atoms with Gasteiger partial charge in [-0.1, -0.05) is 0 Å². The number of carbonyl (C=O) groups is 1. The van der Waals surface area contributed by atoms with E-state index in [-0.39, 0.29) is 17.7 Å². The number of ether oxygens (including phenoxy) is 1. The molecule has 1 rings (SSSR count). The van der Waals surface area contributed by atoms with Crippen molar-refractivity contribution >= 4 is 11.7 Å². The number of hydrogen-bond donors (Lipinski definition) is 0. The highest BCUT2D eigenvalue weighted by molar-refractivity contribution is 6.11. The fraction of sp³-hybridized carbons (Fsp3) is 0.500. The van der Waals surface area contributed by atoms with Gasteiger partial charge in [-0.3, -0.25) is 4.99 Å². The first kappa shape index (κ1) is 10.7. The third-order valence-electron chi connectivity index (χ3n) is 1.90. The molecule has 0 saturated carbocycles. The maximum Gasteiger partial charge on any atom is 0.433 e. The number of allylic oxidation sites excluding steroid dienone is 1. The van der Waals surface area contributed by atoms with Crippen LogP contribution in [0, 0.1) is 0 Å². The molecule has 6 heteroatoms. The second kappa shape index (κ2) is 3.43. The molecule has 0 atom stereocenters. The predicted molar refractivity (Wildman–Crippen MR) is 43.1 cm³/mol. The van der Waals surface area contributed by atoms with Crippen LogP contribution >= 0.6 is 0 Å². The molecule has 0 saturated heterocycles. The Hall–Kier alpha value is -1.33. The molecule has 1 aliphatic heterocycles. The molecule has 3 nitrogen and oxygen atoms in total. The van der Waals surface area contributed by atoms with Crippen molar-refractivity contribution in [2.24, 2.45) is 4.99 Å². The lowest BCUT2D eigenvalue weighted by molar-refractivity contribution is -0.136. The Labute approximate surface area is 78.3 Å². The van der Waals surface area contributed by atoms with Gasteiger partial charge in [0.25, 0.3) is 0 Å². The van der Waals surface area contributed by atoms with E-state index >= 15 is 0 Å². The molecule has 0 radical (unpaired) electrons. The van der Waals surface area contributed by atoms with Crippen LogP contribution in [0.15, 0.2) is 16.1 Å². The van der Waals surface area contributed by atoms with Crippen molar-refractivity contribution in [2.75, 3.05) is 13.7 Å². The molecule has 0 amide bonds. The summed E-state index contributed by atoms with van der Waals surface area (Å²) in [6.45, 7) is 0.957. The number of rotatable bonds is 1. The minimum absolute atomic E-state index is 0.0279. The largest absolute Gasteiger partial charge is 0.466 e. The van der Waals surface area contributed by atoms with E-state index in [0.717, 1.165) is 7.11 Å². The standard InChI is InChI=1S/C8H8F3NO2/c1-4-5(7(13)14-2)3-12-6(4)8(9,10)11/h3H2,1-2H3. The molecule has 0 fully saturated rings. The molecule has 0 N–H and O–H groups in total. The number of nitrogens with zero attached hydrogens (tertiary/aromatic N) is 1. The second-order valence-corrected chi connectivity index (χ2v) is 2.76. The molecule has 1 aliphatic rings. The average molecular weight is 207 g/mol. The lowest BCUT2D eigenvalue weighted by Gasteiger charge is -2.07. The van der Waals surface area contributed by atoms with Crippen LogP contribution in [0.2, 0.25) is 0 Å².